The van der Waals surface area contributed by atoms with E-state index in [1.54, 1.807) is 0 Å². The third-order valence-electron chi connectivity index (χ3n) is 4.17. The van der Waals surface area contributed by atoms with Gasteiger partial charge in [-0.1, -0.05) is 44.2 Å². The van der Waals surface area contributed by atoms with E-state index in [1.807, 2.05) is 44.2 Å². The first-order valence-electron chi connectivity index (χ1n) is 7.71. The van der Waals surface area contributed by atoms with Crippen molar-refractivity contribution < 1.29 is 14.7 Å². The van der Waals surface area contributed by atoms with E-state index in [2.05, 4.69) is 0 Å². The fourth-order valence-corrected chi connectivity index (χ4v) is 2.91. The molecule has 0 spiro atoms. The SMILES string of the molecule is CC(C)C[C@@H](C(N)=O)N(CO)C(=O)[C@@H]1C[C@@H]1c1ccccc1. The predicted molar refractivity (Wildman–Crippen MR) is 83.7 cm³/mol. The number of hydrogen-bond donors (Lipinski definition) is 2. The molecule has 1 aliphatic rings. The second-order valence-electron chi connectivity index (χ2n) is 6.36. The first-order chi connectivity index (χ1) is 10.5. The van der Waals surface area contributed by atoms with Gasteiger partial charge in [-0.25, -0.2) is 0 Å². The Hall–Kier alpha value is -1.88. The molecule has 2 rings (SSSR count). The quantitative estimate of drug-likeness (QED) is 0.748. The number of hydrogen-bond acceptors (Lipinski definition) is 3. The van der Waals surface area contributed by atoms with Gasteiger partial charge in [0, 0.05) is 5.92 Å². The Morgan fingerprint density at radius 1 is 1.32 bits per heavy atom. The van der Waals surface area contributed by atoms with Crippen molar-refractivity contribution in [3.8, 4) is 0 Å². The van der Waals surface area contributed by atoms with E-state index >= 15 is 0 Å². The number of benzene rings is 1. The highest BCUT2D eigenvalue weighted by Gasteiger charge is 2.47. The molecule has 22 heavy (non-hydrogen) atoms. The molecule has 1 aromatic rings. The third-order valence-corrected chi connectivity index (χ3v) is 4.17. The smallest absolute Gasteiger partial charge is 0.240 e. The summed E-state index contributed by atoms with van der Waals surface area (Å²) in [5, 5.41) is 9.56. The monoisotopic (exact) mass is 304 g/mol. The number of carbonyl (C=O) groups excluding carboxylic acids is 2. The van der Waals surface area contributed by atoms with Crippen LogP contribution in [0.5, 0.6) is 0 Å². The summed E-state index contributed by atoms with van der Waals surface area (Å²) in [6.07, 6.45) is 1.22. The number of nitrogens with two attached hydrogens (primary N) is 1. The second-order valence-corrected chi connectivity index (χ2v) is 6.36. The Morgan fingerprint density at radius 2 is 1.95 bits per heavy atom. The van der Waals surface area contributed by atoms with Gasteiger partial charge in [0.2, 0.25) is 11.8 Å². The molecule has 0 radical (unpaired) electrons. The van der Waals surface area contributed by atoms with Gasteiger partial charge in [0.05, 0.1) is 0 Å². The molecule has 120 valence electrons. The van der Waals surface area contributed by atoms with E-state index in [-0.39, 0.29) is 23.7 Å². The van der Waals surface area contributed by atoms with Gasteiger partial charge in [-0.05, 0) is 30.2 Å². The van der Waals surface area contributed by atoms with Gasteiger partial charge in [-0.15, -0.1) is 0 Å². The Morgan fingerprint density at radius 3 is 2.45 bits per heavy atom. The van der Waals surface area contributed by atoms with E-state index in [9.17, 15) is 14.7 Å². The molecule has 0 bridgehead atoms. The number of rotatable bonds is 7. The Balaban J connectivity index is 2.08. The summed E-state index contributed by atoms with van der Waals surface area (Å²) in [7, 11) is 0. The summed E-state index contributed by atoms with van der Waals surface area (Å²) in [6, 6.07) is 9.10. The second kappa shape index (κ2) is 6.92. The lowest BCUT2D eigenvalue weighted by atomic mass is 10.0. The normalized spacial score (nSPS) is 21.5. The molecule has 2 amide bonds. The van der Waals surface area contributed by atoms with Crippen LogP contribution in [0.2, 0.25) is 0 Å². The van der Waals surface area contributed by atoms with Crippen molar-refractivity contribution in [1.82, 2.24) is 4.90 Å². The van der Waals surface area contributed by atoms with E-state index in [0.29, 0.717) is 6.42 Å². The van der Waals surface area contributed by atoms with Crippen LogP contribution >= 0.6 is 0 Å². The van der Waals surface area contributed by atoms with Crippen molar-refractivity contribution in [2.24, 2.45) is 17.6 Å². The van der Waals surface area contributed by atoms with Gasteiger partial charge in [0.25, 0.3) is 0 Å². The van der Waals surface area contributed by atoms with Crippen LogP contribution in [0, 0.1) is 11.8 Å². The predicted octanol–water partition coefficient (Wildman–Crippen LogP) is 1.47. The van der Waals surface area contributed by atoms with Crippen LogP contribution in [0.25, 0.3) is 0 Å². The molecular weight excluding hydrogens is 280 g/mol. The number of carbonyl (C=O) groups is 2. The third kappa shape index (κ3) is 3.65. The zero-order valence-corrected chi connectivity index (χ0v) is 13.1. The number of primary amides is 1. The summed E-state index contributed by atoms with van der Waals surface area (Å²) in [4.78, 5) is 25.5. The fourth-order valence-electron chi connectivity index (χ4n) is 2.91. The van der Waals surface area contributed by atoms with Crippen LogP contribution in [0.15, 0.2) is 30.3 Å². The molecule has 1 aromatic carbocycles. The lowest BCUT2D eigenvalue weighted by Crippen LogP contribution is -2.49. The summed E-state index contributed by atoms with van der Waals surface area (Å²) in [5.74, 6) is -0.517. The molecule has 1 aliphatic carbocycles. The minimum absolute atomic E-state index is 0.163. The number of aliphatic hydroxyl groups is 1. The molecule has 1 saturated carbocycles. The summed E-state index contributed by atoms with van der Waals surface area (Å²) in [6.45, 7) is 3.44. The number of nitrogens with zero attached hydrogens (tertiary/aromatic N) is 1. The van der Waals surface area contributed by atoms with Crippen LogP contribution in [-0.2, 0) is 9.59 Å². The van der Waals surface area contributed by atoms with Crippen molar-refractivity contribution in [2.45, 2.75) is 38.6 Å². The highest BCUT2D eigenvalue weighted by Crippen LogP contribution is 2.48. The van der Waals surface area contributed by atoms with Gasteiger partial charge in [-0.3, -0.25) is 9.59 Å². The maximum atomic E-state index is 12.6. The average molecular weight is 304 g/mol. The highest BCUT2D eigenvalue weighted by molar-refractivity contribution is 5.89. The number of aliphatic hydroxyl groups excluding tert-OH is 1. The molecule has 0 aromatic heterocycles. The minimum Gasteiger partial charge on any atom is -0.376 e. The molecule has 0 unspecified atom stereocenters. The Labute approximate surface area is 131 Å². The van der Waals surface area contributed by atoms with Gasteiger partial charge in [-0.2, -0.15) is 0 Å². The maximum Gasteiger partial charge on any atom is 0.240 e. The van der Waals surface area contributed by atoms with Crippen molar-refractivity contribution >= 4 is 11.8 Å². The topological polar surface area (TPSA) is 83.6 Å². The van der Waals surface area contributed by atoms with Gasteiger partial charge < -0.3 is 15.7 Å². The molecule has 0 saturated heterocycles. The van der Waals surface area contributed by atoms with Crippen molar-refractivity contribution in [3.05, 3.63) is 35.9 Å². The van der Waals surface area contributed by atoms with Crippen LogP contribution in [0.4, 0.5) is 0 Å². The van der Waals surface area contributed by atoms with Crippen LogP contribution in [0.1, 0.15) is 38.2 Å². The van der Waals surface area contributed by atoms with Gasteiger partial charge in [0.15, 0.2) is 0 Å². The fraction of sp³-hybridized carbons (Fsp3) is 0.529. The minimum atomic E-state index is -0.741. The first kappa shape index (κ1) is 16.5. The summed E-state index contributed by atoms with van der Waals surface area (Å²) >= 11 is 0. The molecular formula is C17H24N2O3. The average Bonchev–Trinajstić information content (AvgIpc) is 3.27. The standard InChI is InChI=1S/C17H24N2O3/c1-11(2)8-15(16(18)21)19(10-20)17(22)14-9-13(14)12-6-4-3-5-7-12/h3-7,11,13-15,20H,8-10H2,1-2H3,(H2,18,21)/t13-,14-,15+/m1/s1. The van der Waals surface area contributed by atoms with E-state index < -0.39 is 18.7 Å². The number of amides is 2. The van der Waals surface area contributed by atoms with Crippen LogP contribution in [0.3, 0.4) is 0 Å². The zero-order chi connectivity index (χ0) is 16.3. The summed E-state index contributed by atoms with van der Waals surface area (Å²) in [5.41, 5.74) is 6.55. The van der Waals surface area contributed by atoms with Gasteiger partial charge in [0.1, 0.15) is 12.8 Å². The van der Waals surface area contributed by atoms with Crippen LogP contribution < -0.4 is 5.73 Å². The zero-order valence-electron chi connectivity index (χ0n) is 13.1. The molecule has 3 atom stereocenters. The molecule has 1 fully saturated rings. The maximum absolute atomic E-state index is 12.6. The molecule has 0 aliphatic heterocycles. The molecule has 0 heterocycles. The highest BCUT2D eigenvalue weighted by atomic mass is 16.3. The van der Waals surface area contributed by atoms with E-state index in [4.69, 9.17) is 5.73 Å². The lowest BCUT2D eigenvalue weighted by Gasteiger charge is -2.29. The van der Waals surface area contributed by atoms with E-state index in [1.165, 1.54) is 4.90 Å². The van der Waals surface area contributed by atoms with Crippen molar-refractivity contribution in [3.63, 3.8) is 0 Å². The molecule has 3 N–H and O–H groups in total. The Kier molecular flexibility index (Phi) is 5.19. The van der Waals surface area contributed by atoms with Crippen molar-refractivity contribution in [2.75, 3.05) is 6.73 Å². The Bertz CT molecular complexity index is 530. The van der Waals surface area contributed by atoms with Gasteiger partial charge >= 0.3 is 0 Å². The summed E-state index contributed by atoms with van der Waals surface area (Å²) < 4.78 is 0. The molecule has 5 heteroatoms. The van der Waals surface area contributed by atoms with E-state index in [0.717, 1.165) is 12.0 Å². The van der Waals surface area contributed by atoms with Crippen molar-refractivity contribution in [1.29, 1.82) is 0 Å². The first-order valence-corrected chi connectivity index (χ1v) is 7.71. The molecule has 5 nitrogen and oxygen atoms in total. The lowest BCUT2D eigenvalue weighted by molar-refractivity contribution is -0.145. The largest absolute Gasteiger partial charge is 0.376 e. The van der Waals surface area contributed by atoms with Crippen LogP contribution in [-0.4, -0.2) is 34.6 Å².